The summed E-state index contributed by atoms with van der Waals surface area (Å²) in [7, 11) is 0. The fourth-order valence-corrected chi connectivity index (χ4v) is 7.16. The summed E-state index contributed by atoms with van der Waals surface area (Å²) in [6.45, 7) is 1.75. The molecule has 1 fully saturated rings. The second-order valence-corrected chi connectivity index (χ2v) is 10.9. The van der Waals surface area contributed by atoms with E-state index in [1.165, 1.54) is 11.8 Å². The Morgan fingerprint density at radius 1 is 1.31 bits per heavy atom. The van der Waals surface area contributed by atoms with Crippen molar-refractivity contribution in [2.75, 3.05) is 5.75 Å². The van der Waals surface area contributed by atoms with Gasteiger partial charge in [0.1, 0.15) is 5.78 Å². The molecule has 9 heteroatoms. The van der Waals surface area contributed by atoms with Crippen LogP contribution in [0.5, 0.6) is 0 Å². The zero-order chi connectivity index (χ0) is 25.1. The van der Waals surface area contributed by atoms with Crippen molar-refractivity contribution >= 4 is 40.8 Å². The van der Waals surface area contributed by atoms with Crippen molar-refractivity contribution in [3.05, 3.63) is 57.7 Å². The first-order valence-corrected chi connectivity index (χ1v) is 12.7. The summed E-state index contributed by atoms with van der Waals surface area (Å²) in [6, 6.07) is 0. The molecular weight excluding hydrogens is 468 g/mol. The number of carboxylic acid groups (broad SMARTS) is 1. The number of allylic oxidation sites excluding steroid dienone is 4. The third-order valence-electron chi connectivity index (χ3n) is 7.63. The molecule has 0 amide bonds. The Morgan fingerprint density at radius 3 is 2.71 bits per heavy atom. The highest BCUT2D eigenvalue weighted by atomic mass is 32.2. The Bertz CT molecular complexity index is 1270. The number of hydrogen-bond acceptors (Lipinski definition) is 8. The van der Waals surface area contributed by atoms with E-state index in [0.29, 0.717) is 40.9 Å². The maximum Gasteiger partial charge on any atom is 0.332 e. The van der Waals surface area contributed by atoms with Crippen LogP contribution in [0.3, 0.4) is 0 Å². The molecule has 4 atom stereocenters. The lowest BCUT2D eigenvalue weighted by molar-refractivity contribution is -0.140. The van der Waals surface area contributed by atoms with E-state index in [1.54, 1.807) is 19.1 Å². The molecule has 8 nitrogen and oxygen atoms in total. The summed E-state index contributed by atoms with van der Waals surface area (Å²) in [6.07, 6.45) is 9.30. The summed E-state index contributed by atoms with van der Waals surface area (Å²) in [5, 5.41) is 22.3. The van der Waals surface area contributed by atoms with Crippen molar-refractivity contribution in [1.82, 2.24) is 0 Å². The maximum atomic E-state index is 13.0. The fourth-order valence-electron chi connectivity index (χ4n) is 5.59. The number of carbonyl (C=O) groups excluding carboxylic acids is 3. The van der Waals surface area contributed by atoms with Crippen LogP contribution in [0.2, 0.25) is 0 Å². The summed E-state index contributed by atoms with van der Waals surface area (Å²) >= 11 is 1.50. The van der Waals surface area contributed by atoms with Crippen LogP contribution < -0.4 is 5.73 Å². The van der Waals surface area contributed by atoms with Crippen molar-refractivity contribution < 1.29 is 29.5 Å². The quantitative estimate of drug-likeness (QED) is 0.212. The van der Waals surface area contributed by atoms with E-state index in [4.69, 9.17) is 5.73 Å². The van der Waals surface area contributed by atoms with Crippen LogP contribution in [-0.4, -0.2) is 55.9 Å². The highest BCUT2D eigenvalue weighted by Crippen LogP contribution is 2.51. The first-order valence-electron chi connectivity index (χ1n) is 11.7. The highest BCUT2D eigenvalue weighted by Gasteiger charge is 2.55. The second kappa shape index (κ2) is 8.57. The van der Waals surface area contributed by atoms with Gasteiger partial charge in [0.05, 0.1) is 17.0 Å². The zero-order valence-corrected chi connectivity index (χ0v) is 20.1. The van der Waals surface area contributed by atoms with Gasteiger partial charge in [-0.3, -0.25) is 14.4 Å². The number of oxime groups is 1. The lowest BCUT2D eigenvalue weighted by atomic mass is 9.66. The van der Waals surface area contributed by atoms with Gasteiger partial charge in [-0.05, 0) is 49.3 Å². The molecule has 0 bridgehead atoms. The van der Waals surface area contributed by atoms with Gasteiger partial charge in [0, 0.05) is 34.5 Å². The van der Waals surface area contributed by atoms with Crippen LogP contribution in [0.25, 0.3) is 0 Å². The number of Topliss-reactive ketones (excluding diaryl/α,β-unsaturated/α-hetero) is 3. The van der Waals surface area contributed by atoms with Crippen molar-refractivity contribution in [3.8, 4) is 0 Å². The first kappa shape index (κ1) is 23.7. The molecule has 0 aromatic carbocycles. The van der Waals surface area contributed by atoms with E-state index in [-0.39, 0.29) is 46.7 Å². The van der Waals surface area contributed by atoms with E-state index in [2.05, 4.69) is 5.16 Å². The largest absolute Gasteiger partial charge is 0.478 e. The number of carboxylic acids is 1. The summed E-state index contributed by atoms with van der Waals surface area (Å²) in [5.41, 5.74) is 8.71. The molecule has 4 unspecified atom stereocenters. The molecule has 0 radical (unpaired) electrons. The van der Waals surface area contributed by atoms with Gasteiger partial charge in [-0.25, -0.2) is 4.79 Å². The Morgan fingerprint density at radius 2 is 2.09 bits per heavy atom. The number of carbonyl (C=O) groups is 4. The molecule has 4 N–H and O–H groups in total. The average molecular weight is 495 g/mol. The third-order valence-corrected chi connectivity index (χ3v) is 9.10. The minimum atomic E-state index is -1.14. The molecule has 35 heavy (non-hydrogen) atoms. The predicted molar refractivity (Wildman–Crippen MR) is 130 cm³/mol. The van der Waals surface area contributed by atoms with Gasteiger partial charge in [-0.2, -0.15) is 11.8 Å². The predicted octanol–water partition coefficient (Wildman–Crippen LogP) is 2.68. The van der Waals surface area contributed by atoms with Gasteiger partial charge in [-0.1, -0.05) is 29.5 Å². The van der Waals surface area contributed by atoms with Gasteiger partial charge >= 0.3 is 5.97 Å². The Balaban J connectivity index is 1.28. The molecule has 1 saturated carbocycles. The molecule has 1 heterocycles. The van der Waals surface area contributed by atoms with Crippen LogP contribution in [0.15, 0.2) is 62.9 Å². The summed E-state index contributed by atoms with van der Waals surface area (Å²) < 4.78 is 0. The molecule has 182 valence electrons. The van der Waals surface area contributed by atoms with E-state index >= 15 is 0 Å². The van der Waals surface area contributed by atoms with Crippen molar-refractivity contribution in [1.29, 1.82) is 0 Å². The molecule has 4 aliphatic carbocycles. The number of fused-ring (bicyclic) bond motifs is 2. The molecule has 0 saturated heterocycles. The molecule has 1 aliphatic heterocycles. The highest BCUT2D eigenvalue weighted by molar-refractivity contribution is 8.00. The van der Waals surface area contributed by atoms with E-state index in [0.717, 1.165) is 12.0 Å². The van der Waals surface area contributed by atoms with E-state index < -0.39 is 23.3 Å². The van der Waals surface area contributed by atoms with Crippen molar-refractivity contribution in [2.45, 2.75) is 49.8 Å². The lowest BCUT2D eigenvalue weighted by Gasteiger charge is -2.46. The van der Waals surface area contributed by atoms with Gasteiger partial charge in [-0.15, -0.1) is 0 Å². The van der Waals surface area contributed by atoms with Crippen LogP contribution in [0.4, 0.5) is 0 Å². The molecule has 5 rings (SSSR count). The van der Waals surface area contributed by atoms with Crippen LogP contribution in [-0.2, 0) is 19.2 Å². The molecular formula is C26H26N2O6S. The van der Waals surface area contributed by atoms with Gasteiger partial charge in [0.2, 0.25) is 0 Å². The minimum Gasteiger partial charge on any atom is -0.478 e. The molecule has 0 aromatic rings. The maximum absolute atomic E-state index is 13.0. The zero-order valence-electron chi connectivity index (χ0n) is 19.2. The molecule has 0 aromatic heterocycles. The third kappa shape index (κ3) is 3.87. The van der Waals surface area contributed by atoms with Gasteiger partial charge in [0.25, 0.3) is 0 Å². The average Bonchev–Trinajstić information content (AvgIpc) is 3.39. The standard InChI is InChI=1S/C26H26N2O6S/c1-12-3-2-4-13(22(12)30)9-14-11-35-24-16(23(31)20(24)19(14)25(32)33)5-6-18(29)21(28-34)15-7-8-26(27)10-17(15)26/h3,7,9-10,16,20,24,34H,2,4-6,8,11,27H2,1H3,(H,32,33)/b13-9+,28-21-. The van der Waals surface area contributed by atoms with Gasteiger partial charge in [0.15, 0.2) is 17.3 Å². The van der Waals surface area contributed by atoms with E-state index in [9.17, 15) is 29.5 Å². The smallest absolute Gasteiger partial charge is 0.332 e. The van der Waals surface area contributed by atoms with Gasteiger partial charge < -0.3 is 16.0 Å². The fraction of sp³-hybridized carbons (Fsp3) is 0.423. The number of ketones is 3. The monoisotopic (exact) mass is 494 g/mol. The topological polar surface area (TPSA) is 147 Å². The number of aliphatic carboxylic acids is 1. The molecule has 5 aliphatic rings. The Labute approximate surface area is 206 Å². The SMILES string of the molecule is CC1=CCC/C(=C\C2=C(C(=O)O)C3C(=O)C(CCC(=O)/C(=N\O)C4=CCC5(N)C=C45)C3SC2)C1=O. The Kier molecular flexibility index (Phi) is 5.80. The normalized spacial score (nSPS) is 33.0. The first-order chi connectivity index (χ1) is 16.7. The minimum absolute atomic E-state index is 0.0188. The molecule has 0 spiro atoms. The summed E-state index contributed by atoms with van der Waals surface area (Å²) in [4.78, 5) is 50.4. The second-order valence-electron chi connectivity index (χ2n) is 9.76. The number of rotatable bonds is 7. The number of hydrogen-bond donors (Lipinski definition) is 3. The van der Waals surface area contributed by atoms with Crippen molar-refractivity contribution in [3.63, 3.8) is 0 Å². The van der Waals surface area contributed by atoms with Crippen LogP contribution in [0, 0.1) is 11.8 Å². The van der Waals surface area contributed by atoms with Crippen molar-refractivity contribution in [2.24, 2.45) is 22.7 Å². The number of nitrogens with zero attached hydrogens (tertiary/aromatic N) is 1. The lowest BCUT2D eigenvalue weighted by Crippen LogP contribution is -2.54. The summed E-state index contributed by atoms with van der Waals surface area (Å²) in [5.74, 6) is -2.57. The number of thioether (sulfide) groups is 1. The van der Waals surface area contributed by atoms with Crippen LogP contribution >= 0.6 is 11.8 Å². The number of nitrogens with two attached hydrogens (primary N) is 1. The van der Waals surface area contributed by atoms with E-state index in [1.807, 2.05) is 12.2 Å². The van der Waals surface area contributed by atoms with Crippen LogP contribution in [0.1, 0.15) is 39.0 Å². The Hall–Kier alpha value is -3.04.